The third-order valence-corrected chi connectivity index (χ3v) is 6.02. The van der Waals surface area contributed by atoms with Gasteiger partial charge in [-0.3, -0.25) is 4.79 Å². The van der Waals surface area contributed by atoms with Crippen LogP contribution >= 0.6 is 0 Å². The molecule has 0 saturated carbocycles. The van der Waals surface area contributed by atoms with Crippen molar-refractivity contribution in [1.29, 1.82) is 0 Å². The van der Waals surface area contributed by atoms with Crippen LogP contribution in [0, 0.1) is 0 Å². The molecule has 1 unspecified atom stereocenters. The number of rotatable bonds is 7. The molecule has 3 heterocycles. The zero-order chi connectivity index (χ0) is 23.5. The van der Waals surface area contributed by atoms with Gasteiger partial charge in [0, 0.05) is 67.9 Å². The number of H-pyrrole nitrogens is 1. The molecule has 1 amide bonds. The molecule has 0 saturated heterocycles. The molecule has 5 rings (SSSR count). The highest BCUT2D eigenvalue weighted by Gasteiger charge is 2.20. The molecule has 0 fully saturated rings. The standard InChI is InChI=1S/C27H26N6O/c1-32(2)21-11-8-19(9-12-21)23(24-18-28-25-7-4-3-6-22(24)25)17-30-27(34)20-10-13-26(29-16-20)33-15-5-14-31-33/h3-16,18,23,28H,17H2,1-2H3,(H,30,34). The van der Waals surface area contributed by atoms with E-state index in [1.54, 1.807) is 29.2 Å². The van der Waals surface area contributed by atoms with Crippen molar-refractivity contribution < 1.29 is 4.79 Å². The number of nitrogens with one attached hydrogen (secondary N) is 2. The van der Waals surface area contributed by atoms with Gasteiger partial charge in [-0.25, -0.2) is 9.67 Å². The first-order valence-corrected chi connectivity index (χ1v) is 11.2. The van der Waals surface area contributed by atoms with Crippen molar-refractivity contribution in [2.75, 3.05) is 25.5 Å². The fourth-order valence-corrected chi connectivity index (χ4v) is 4.15. The molecular weight excluding hydrogens is 424 g/mol. The highest BCUT2D eigenvalue weighted by atomic mass is 16.1. The summed E-state index contributed by atoms with van der Waals surface area (Å²) in [5.74, 6) is 0.501. The highest BCUT2D eigenvalue weighted by Crippen LogP contribution is 2.31. The molecule has 1 atom stereocenters. The maximum absolute atomic E-state index is 13.0. The molecule has 0 aliphatic heterocycles. The third kappa shape index (κ3) is 4.28. The number of carbonyl (C=O) groups excluding carboxylic acids is 1. The fraction of sp³-hybridized carbons (Fsp3) is 0.148. The van der Waals surface area contributed by atoms with Crippen LogP contribution < -0.4 is 10.2 Å². The van der Waals surface area contributed by atoms with E-state index in [1.165, 1.54) is 0 Å². The van der Waals surface area contributed by atoms with E-state index in [0.29, 0.717) is 17.9 Å². The zero-order valence-corrected chi connectivity index (χ0v) is 19.1. The van der Waals surface area contributed by atoms with Crippen molar-refractivity contribution in [3.63, 3.8) is 0 Å². The van der Waals surface area contributed by atoms with Gasteiger partial charge >= 0.3 is 0 Å². The second-order valence-electron chi connectivity index (χ2n) is 8.39. The molecule has 170 valence electrons. The van der Waals surface area contributed by atoms with Gasteiger partial charge in [0.1, 0.15) is 0 Å². The van der Waals surface area contributed by atoms with Gasteiger partial charge < -0.3 is 15.2 Å². The molecule has 2 aromatic carbocycles. The number of carbonyl (C=O) groups is 1. The lowest BCUT2D eigenvalue weighted by atomic mass is 9.90. The minimum Gasteiger partial charge on any atom is -0.378 e. The second kappa shape index (κ2) is 9.23. The summed E-state index contributed by atoms with van der Waals surface area (Å²) in [4.78, 5) is 22.8. The summed E-state index contributed by atoms with van der Waals surface area (Å²) in [6, 6.07) is 22.1. The second-order valence-corrected chi connectivity index (χ2v) is 8.39. The Morgan fingerprint density at radius 1 is 1.06 bits per heavy atom. The Balaban J connectivity index is 1.40. The summed E-state index contributed by atoms with van der Waals surface area (Å²) in [5.41, 5.74) is 5.02. The van der Waals surface area contributed by atoms with Gasteiger partial charge in [-0.05, 0) is 47.5 Å². The number of pyridine rings is 1. The number of nitrogens with zero attached hydrogens (tertiary/aromatic N) is 4. The van der Waals surface area contributed by atoms with E-state index >= 15 is 0 Å². The van der Waals surface area contributed by atoms with Gasteiger partial charge in [0.25, 0.3) is 5.91 Å². The van der Waals surface area contributed by atoms with Crippen molar-refractivity contribution in [3.8, 4) is 5.82 Å². The quantitative estimate of drug-likeness (QED) is 0.386. The molecule has 0 bridgehead atoms. The van der Waals surface area contributed by atoms with Gasteiger partial charge in [0.05, 0.1) is 5.56 Å². The van der Waals surface area contributed by atoms with E-state index in [-0.39, 0.29) is 11.8 Å². The molecule has 7 heteroatoms. The SMILES string of the molecule is CN(C)c1ccc(C(CNC(=O)c2ccc(-n3cccn3)nc2)c2c[nH]c3ccccc23)cc1. The number of fused-ring (bicyclic) bond motifs is 1. The maximum Gasteiger partial charge on any atom is 0.252 e. The third-order valence-electron chi connectivity index (χ3n) is 6.02. The Bertz CT molecular complexity index is 1390. The van der Waals surface area contributed by atoms with Crippen LogP contribution in [0.2, 0.25) is 0 Å². The predicted molar refractivity (Wildman–Crippen MR) is 135 cm³/mol. The van der Waals surface area contributed by atoms with Gasteiger partial charge in [-0.1, -0.05) is 30.3 Å². The first-order valence-electron chi connectivity index (χ1n) is 11.2. The van der Waals surface area contributed by atoms with Gasteiger partial charge in [0.2, 0.25) is 0 Å². The smallest absolute Gasteiger partial charge is 0.252 e. The number of anilines is 1. The molecule has 34 heavy (non-hydrogen) atoms. The van der Waals surface area contributed by atoms with Crippen molar-refractivity contribution in [1.82, 2.24) is 25.1 Å². The number of benzene rings is 2. The summed E-state index contributed by atoms with van der Waals surface area (Å²) in [5, 5.41) is 8.44. The lowest BCUT2D eigenvalue weighted by molar-refractivity contribution is 0.0952. The number of aromatic nitrogens is 4. The topological polar surface area (TPSA) is 78.8 Å². The molecule has 0 aliphatic carbocycles. The number of aromatic amines is 1. The summed E-state index contributed by atoms with van der Waals surface area (Å²) in [6.07, 6.45) is 7.13. The lowest BCUT2D eigenvalue weighted by Gasteiger charge is -2.20. The van der Waals surface area contributed by atoms with E-state index in [9.17, 15) is 4.79 Å². The molecule has 3 aromatic heterocycles. The van der Waals surface area contributed by atoms with Crippen LogP contribution in [0.25, 0.3) is 16.7 Å². The van der Waals surface area contributed by atoms with Gasteiger partial charge in [0.15, 0.2) is 5.82 Å². The van der Waals surface area contributed by atoms with Gasteiger partial charge in [-0.2, -0.15) is 5.10 Å². The Kier molecular flexibility index (Phi) is 5.82. The molecule has 0 radical (unpaired) electrons. The number of hydrogen-bond donors (Lipinski definition) is 2. The van der Waals surface area contributed by atoms with Crippen molar-refractivity contribution in [3.05, 3.63) is 108 Å². The molecule has 0 spiro atoms. The zero-order valence-electron chi connectivity index (χ0n) is 19.1. The molecular formula is C27H26N6O. The summed E-state index contributed by atoms with van der Waals surface area (Å²) in [7, 11) is 4.05. The van der Waals surface area contributed by atoms with E-state index in [4.69, 9.17) is 0 Å². The molecule has 5 aromatic rings. The minimum absolute atomic E-state index is 0.00683. The van der Waals surface area contributed by atoms with Crippen LogP contribution in [-0.4, -0.2) is 46.3 Å². The van der Waals surface area contributed by atoms with Crippen LogP contribution in [0.3, 0.4) is 0 Å². The Morgan fingerprint density at radius 3 is 2.59 bits per heavy atom. The van der Waals surface area contributed by atoms with Crippen LogP contribution in [0.1, 0.15) is 27.4 Å². The average molecular weight is 451 g/mol. The number of hydrogen-bond acceptors (Lipinski definition) is 4. The van der Waals surface area contributed by atoms with Crippen LogP contribution in [0.15, 0.2) is 91.5 Å². The fourth-order valence-electron chi connectivity index (χ4n) is 4.15. The normalized spacial score (nSPS) is 11.9. The lowest BCUT2D eigenvalue weighted by Crippen LogP contribution is -2.29. The number of amides is 1. The maximum atomic E-state index is 13.0. The van der Waals surface area contributed by atoms with Crippen LogP contribution in [0.4, 0.5) is 5.69 Å². The predicted octanol–water partition coefficient (Wildman–Crippen LogP) is 4.38. The number of para-hydroxylation sites is 1. The van der Waals surface area contributed by atoms with E-state index in [2.05, 4.69) is 61.7 Å². The monoisotopic (exact) mass is 450 g/mol. The summed E-state index contributed by atoms with van der Waals surface area (Å²) in [6.45, 7) is 0.461. The van der Waals surface area contributed by atoms with Crippen molar-refractivity contribution in [2.45, 2.75) is 5.92 Å². The molecule has 0 aliphatic rings. The van der Waals surface area contributed by atoms with E-state index in [0.717, 1.165) is 27.7 Å². The van der Waals surface area contributed by atoms with Gasteiger partial charge in [-0.15, -0.1) is 0 Å². The van der Waals surface area contributed by atoms with Crippen LogP contribution in [0.5, 0.6) is 0 Å². The summed E-state index contributed by atoms with van der Waals surface area (Å²) < 4.78 is 1.66. The molecule has 2 N–H and O–H groups in total. The first kappa shape index (κ1) is 21.5. The van der Waals surface area contributed by atoms with Crippen molar-refractivity contribution in [2.24, 2.45) is 0 Å². The van der Waals surface area contributed by atoms with Crippen LogP contribution in [-0.2, 0) is 0 Å². The minimum atomic E-state index is -0.158. The Morgan fingerprint density at radius 2 is 1.88 bits per heavy atom. The Labute approximate surface area is 198 Å². The van der Waals surface area contributed by atoms with E-state index < -0.39 is 0 Å². The van der Waals surface area contributed by atoms with Crippen molar-refractivity contribution >= 4 is 22.5 Å². The first-order chi connectivity index (χ1) is 16.6. The summed E-state index contributed by atoms with van der Waals surface area (Å²) >= 11 is 0. The average Bonchev–Trinajstić information content (AvgIpc) is 3.55. The Hall–Kier alpha value is -4.39. The molecule has 7 nitrogen and oxygen atoms in total. The highest BCUT2D eigenvalue weighted by molar-refractivity contribution is 5.94. The largest absolute Gasteiger partial charge is 0.378 e. The van der Waals surface area contributed by atoms with E-state index in [1.807, 2.05) is 44.7 Å².